The van der Waals surface area contributed by atoms with Crippen LogP contribution in [0.3, 0.4) is 0 Å². The summed E-state index contributed by atoms with van der Waals surface area (Å²) in [4.78, 5) is 15.4. The number of benzene rings is 2. The summed E-state index contributed by atoms with van der Waals surface area (Å²) in [5.41, 5.74) is 2.21. The van der Waals surface area contributed by atoms with Gasteiger partial charge in [0.15, 0.2) is 0 Å². The smallest absolute Gasteiger partial charge is 0.266 e. The van der Waals surface area contributed by atoms with Gasteiger partial charge < -0.3 is 10.3 Å². The number of nitrogens with one attached hydrogen (secondary N) is 2. The van der Waals surface area contributed by atoms with Crippen molar-refractivity contribution in [1.82, 2.24) is 4.98 Å². The minimum atomic E-state index is -0.495. The maximum atomic E-state index is 12.3. The summed E-state index contributed by atoms with van der Waals surface area (Å²) in [6.45, 7) is 0. The SMILES string of the molecule is N#CC(=Cc1c[nH]c2ccccc12)C(=O)Nc1ccccc1Cl. The second kappa shape index (κ2) is 6.39. The third-order valence-electron chi connectivity index (χ3n) is 3.41. The molecule has 0 bridgehead atoms. The number of hydrogen-bond donors (Lipinski definition) is 2. The molecule has 0 saturated carbocycles. The van der Waals surface area contributed by atoms with Crippen molar-refractivity contribution in [3.05, 3.63) is 70.9 Å². The van der Waals surface area contributed by atoms with Crippen molar-refractivity contribution in [3.63, 3.8) is 0 Å². The number of carbonyl (C=O) groups is 1. The zero-order valence-corrected chi connectivity index (χ0v) is 12.8. The van der Waals surface area contributed by atoms with Crippen molar-refractivity contribution < 1.29 is 4.79 Å². The topological polar surface area (TPSA) is 68.7 Å². The van der Waals surface area contributed by atoms with Crippen LogP contribution < -0.4 is 5.32 Å². The zero-order chi connectivity index (χ0) is 16.2. The van der Waals surface area contributed by atoms with Gasteiger partial charge in [-0.25, -0.2) is 0 Å². The first-order valence-corrected chi connectivity index (χ1v) is 7.30. The summed E-state index contributed by atoms with van der Waals surface area (Å²) in [5.74, 6) is -0.495. The van der Waals surface area contributed by atoms with Gasteiger partial charge in [-0.1, -0.05) is 41.9 Å². The van der Waals surface area contributed by atoms with Crippen LogP contribution in [0.4, 0.5) is 5.69 Å². The van der Waals surface area contributed by atoms with E-state index in [1.165, 1.54) is 0 Å². The van der Waals surface area contributed by atoms with Gasteiger partial charge in [-0.05, 0) is 24.3 Å². The molecule has 0 atom stereocenters. The molecule has 0 unspecified atom stereocenters. The van der Waals surface area contributed by atoms with Gasteiger partial charge in [0.1, 0.15) is 11.6 Å². The van der Waals surface area contributed by atoms with E-state index in [0.29, 0.717) is 10.7 Å². The number of aromatic nitrogens is 1. The van der Waals surface area contributed by atoms with Crippen LogP contribution in [0.1, 0.15) is 5.56 Å². The van der Waals surface area contributed by atoms with Crippen LogP contribution in [0.15, 0.2) is 60.3 Å². The van der Waals surface area contributed by atoms with Crippen molar-refractivity contribution in [2.75, 3.05) is 5.32 Å². The van der Waals surface area contributed by atoms with Gasteiger partial charge in [-0.3, -0.25) is 4.79 Å². The van der Waals surface area contributed by atoms with Gasteiger partial charge >= 0.3 is 0 Å². The quantitative estimate of drug-likeness (QED) is 0.555. The lowest BCUT2D eigenvalue weighted by molar-refractivity contribution is -0.112. The van der Waals surface area contributed by atoms with Gasteiger partial charge in [-0.2, -0.15) is 5.26 Å². The van der Waals surface area contributed by atoms with Crippen LogP contribution in [0, 0.1) is 11.3 Å². The molecule has 1 amide bonds. The monoisotopic (exact) mass is 321 g/mol. The number of para-hydroxylation sites is 2. The molecule has 23 heavy (non-hydrogen) atoms. The van der Waals surface area contributed by atoms with Gasteiger partial charge in [0.05, 0.1) is 10.7 Å². The Bertz CT molecular complexity index is 950. The molecule has 0 aliphatic rings. The van der Waals surface area contributed by atoms with E-state index in [0.717, 1.165) is 16.5 Å². The lowest BCUT2D eigenvalue weighted by atomic mass is 10.1. The number of H-pyrrole nitrogens is 1. The van der Waals surface area contributed by atoms with E-state index in [4.69, 9.17) is 11.6 Å². The van der Waals surface area contributed by atoms with Gasteiger partial charge in [0, 0.05) is 22.7 Å². The molecule has 5 heteroatoms. The molecule has 2 aromatic carbocycles. The zero-order valence-electron chi connectivity index (χ0n) is 12.0. The minimum absolute atomic E-state index is 0.00896. The summed E-state index contributed by atoms with van der Waals surface area (Å²) in [7, 11) is 0. The predicted octanol–water partition coefficient (Wildman–Crippen LogP) is 4.37. The van der Waals surface area contributed by atoms with Gasteiger partial charge in [0.25, 0.3) is 5.91 Å². The Morgan fingerprint density at radius 1 is 1.17 bits per heavy atom. The van der Waals surface area contributed by atoms with Crippen LogP contribution >= 0.6 is 11.6 Å². The van der Waals surface area contributed by atoms with Crippen molar-refractivity contribution in [2.24, 2.45) is 0 Å². The van der Waals surface area contributed by atoms with Crippen molar-refractivity contribution in [1.29, 1.82) is 5.26 Å². The molecule has 1 heterocycles. The number of aromatic amines is 1. The molecule has 0 aliphatic heterocycles. The fourth-order valence-corrected chi connectivity index (χ4v) is 2.45. The number of rotatable bonds is 3. The summed E-state index contributed by atoms with van der Waals surface area (Å²) in [6, 6.07) is 16.5. The molecule has 112 valence electrons. The van der Waals surface area contributed by atoms with Crippen LogP contribution in [0.25, 0.3) is 17.0 Å². The Kier molecular flexibility index (Phi) is 4.13. The lowest BCUT2D eigenvalue weighted by Crippen LogP contribution is -2.13. The van der Waals surface area contributed by atoms with Crippen LogP contribution in [-0.4, -0.2) is 10.9 Å². The molecule has 0 aliphatic carbocycles. The number of hydrogen-bond acceptors (Lipinski definition) is 2. The van der Waals surface area contributed by atoms with Crippen molar-refractivity contribution in [2.45, 2.75) is 0 Å². The molecule has 3 aromatic rings. The first-order valence-electron chi connectivity index (χ1n) is 6.93. The van der Waals surface area contributed by atoms with E-state index in [1.807, 2.05) is 30.3 Å². The minimum Gasteiger partial charge on any atom is -0.361 e. The number of nitrogens with zero attached hydrogens (tertiary/aromatic N) is 1. The van der Waals surface area contributed by atoms with Crippen molar-refractivity contribution in [3.8, 4) is 6.07 Å². The molecule has 0 radical (unpaired) electrons. The Hall–Kier alpha value is -3.03. The molecule has 0 saturated heterocycles. The van der Waals surface area contributed by atoms with E-state index in [9.17, 15) is 10.1 Å². The number of carbonyl (C=O) groups excluding carboxylic acids is 1. The van der Waals surface area contributed by atoms with E-state index in [2.05, 4.69) is 10.3 Å². The maximum absolute atomic E-state index is 12.3. The highest BCUT2D eigenvalue weighted by atomic mass is 35.5. The third kappa shape index (κ3) is 3.10. The van der Waals surface area contributed by atoms with Crippen LogP contribution in [0.5, 0.6) is 0 Å². The fraction of sp³-hybridized carbons (Fsp3) is 0. The highest BCUT2D eigenvalue weighted by molar-refractivity contribution is 6.34. The second-order valence-electron chi connectivity index (χ2n) is 4.89. The highest BCUT2D eigenvalue weighted by Crippen LogP contribution is 2.23. The Morgan fingerprint density at radius 2 is 1.91 bits per heavy atom. The fourth-order valence-electron chi connectivity index (χ4n) is 2.27. The molecule has 0 fully saturated rings. The summed E-state index contributed by atoms with van der Waals surface area (Å²) >= 11 is 6.01. The number of halogens is 1. The number of anilines is 1. The molecule has 4 nitrogen and oxygen atoms in total. The van der Waals surface area contributed by atoms with E-state index in [1.54, 1.807) is 36.5 Å². The normalized spacial score (nSPS) is 11.2. The summed E-state index contributed by atoms with van der Waals surface area (Å²) in [5, 5.41) is 13.3. The predicted molar refractivity (Wildman–Crippen MR) is 92.0 cm³/mol. The summed E-state index contributed by atoms with van der Waals surface area (Å²) in [6.07, 6.45) is 3.33. The van der Waals surface area contributed by atoms with Gasteiger partial charge in [0.2, 0.25) is 0 Å². The van der Waals surface area contributed by atoms with E-state index < -0.39 is 5.91 Å². The molecular formula is C18H12ClN3O. The summed E-state index contributed by atoms with van der Waals surface area (Å²) < 4.78 is 0. The van der Waals surface area contributed by atoms with E-state index in [-0.39, 0.29) is 5.57 Å². The third-order valence-corrected chi connectivity index (χ3v) is 3.74. The van der Waals surface area contributed by atoms with E-state index >= 15 is 0 Å². The number of nitriles is 1. The standard InChI is InChI=1S/C18H12ClN3O/c19-15-6-2-4-8-17(15)22-18(23)12(10-20)9-13-11-21-16-7-3-1-5-14(13)16/h1-9,11,21H,(H,22,23). The Balaban J connectivity index is 1.92. The molecular weight excluding hydrogens is 310 g/mol. The first kappa shape index (κ1) is 14.9. The largest absolute Gasteiger partial charge is 0.361 e. The average molecular weight is 322 g/mol. The lowest BCUT2D eigenvalue weighted by Gasteiger charge is -2.05. The molecule has 2 N–H and O–H groups in total. The van der Waals surface area contributed by atoms with Gasteiger partial charge in [-0.15, -0.1) is 0 Å². The highest BCUT2D eigenvalue weighted by Gasteiger charge is 2.12. The Morgan fingerprint density at radius 3 is 2.70 bits per heavy atom. The molecule has 1 aromatic heterocycles. The Labute approximate surface area is 138 Å². The molecule has 0 spiro atoms. The average Bonchev–Trinajstić information content (AvgIpc) is 2.97. The maximum Gasteiger partial charge on any atom is 0.266 e. The van der Waals surface area contributed by atoms with Crippen molar-refractivity contribution >= 4 is 40.2 Å². The first-order chi connectivity index (χ1) is 11.2. The second-order valence-corrected chi connectivity index (χ2v) is 5.30. The number of amides is 1. The van der Waals surface area contributed by atoms with Crippen LogP contribution in [0.2, 0.25) is 5.02 Å². The number of fused-ring (bicyclic) bond motifs is 1. The molecule has 3 rings (SSSR count). The van der Waals surface area contributed by atoms with Crippen LogP contribution in [-0.2, 0) is 4.79 Å².